The highest BCUT2D eigenvalue weighted by atomic mass is 16.6. The summed E-state index contributed by atoms with van der Waals surface area (Å²) >= 11 is 0. The third-order valence-electron chi connectivity index (χ3n) is 9.27. The number of rotatable bonds is 13. The third-order valence-corrected chi connectivity index (χ3v) is 9.27. The first-order valence-electron chi connectivity index (χ1n) is 17.4. The summed E-state index contributed by atoms with van der Waals surface area (Å²) in [5, 5.41) is 2.89. The number of benzene rings is 1. The smallest absolute Gasteiger partial charge is 0.409 e. The zero-order chi connectivity index (χ0) is 35.1. The van der Waals surface area contributed by atoms with Crippen molar-refractivity contribution in [2.24, 2.45) is 17.8 Å². The van der Waals surface area contributed by atoms with Crippen LogP contribution in [0.4, 0.5) is 10.6 Å². The lowest BCUT2D eigenvalue weighted by atomic mass is 10.1. The Morgan fingerprint density at radius 2 is 1.65 bits per heavy atom. The standard InChI is InChI=1S/C36H50N6O7/c1-6-7-19-48-35(46)41-17-15-40(16-18-41)34(45)28(13-14-31(43)49-36(2,3)4)38-33(44)29-20-30(39-32(37-29)24-11-9-8-10-12-24)42-21-25-26(22-42)27(25)23-47-5/h8-12,20,25-28H,6-7,13-19,21-23H2,1-5H3,(H,38,44)/t25?,26?,27?,28-/m0/s1. The number of piperidine rings is 1. The van der Waals surface area contributed by atoms with E-state index in [0.717, 1.165) is 38.1 Å². The van der Waals surface area contributed by atoms with Crippen LogP contribution < -0.4 is 10.2 Å². The lowest BCUT2D eigenvalue weighted by Crippen LogP contribution is -2.56. The third kappa shape index (κ3) is 9.46. The van der Waals surface area contributed by atoms with Crippen molar-refractivity contribution in [1.29, 1.82) is 0 Å². The molecule has 0 radical (unpaired) electrons. The molecule has 3 fully saturated rings. The second-order valence-corrected chi connectivity index (χ2v) is 14.1. The summed E-state index contributed by atoms with van der Waals surface area (Å²) < 4.78 is 16.2. The number of piperazine rings is 1. The molecule has 3 atom stereocenters. The average molecular weight is 679 g/mol. The highest BCUT2D eigenvalue weighted by molar-refractivity contribution is 5.97. The minimum atomic E-state index is -1.02. The molecule has 2 saturated heterocycles. The highest BCUT2D eigenvalue weighted by Gasteiger charge is 2.55. The van der Waals surface area contributed by atoms with Crippen molar-refractivity contribution < 1.29 is 33.4 Å². The molecule has 0 bridgehead atoms. The van der Waals surface area contributed by atoms with Gasteiger partial charge in [0.05, 0.1) is 6.61 Å². The molecule has 2 aromatic rings. The van der Waals surface area contributed by atoms with E-state index in [1.807, 2.05) is 37.3 Å². The zero-order valence-corrected chi connectivity index (χ0v) is 29.4. The number of carbonyl (C=O) groups excluding carboxylic acids is 4. The number of esters is 1. The van der Waals surface area contributed by atoms with Gasteiger partial charge in [-0.25, -0.2) is 14.8 Å². The van der Waals surface area contributed by atoms with Gasteiger partial charge < -0.3 is 34.2 Å². The fourth-order valence-corrected chi connectivity index (χ4v) is 6.57. The number of anilines is 1. The van der Waals surface area contributed by atoms with Crippen molar-refractivity contribution in [2.45, 2.75) is 65.0 Å². The van der Waals surface area contributed by atoms with E-state index in [-0.39, 0.29) is 37.5 Å². The Morgan fingerprint density at radius 1 is 0.980 bits per heavy atom. The van der Waals surface area contributed by atoms with Crippen LogP contribution in [0.5, 0.6) is 0 Å². The number of nitrogens with one attached hydrogen (secondary N) is 1. The molecule has 49 heavy (non-hydrogen) atoms. The number of unbranched alkanes of at least 4 members (excludes halogenated alkanes) is 1. The summed E-state index contributed by atoms with van der Waals surface area (Å²) in [6, 6.07) is 10.1. The second kappa shape index (κ2) is 16.0. The van der Waals surface area contributed by atoms with Crippen LogP contribution in [0.1, 0.15) is 63.9 Å². The van der Waals surface area contributed by atoms with E-state index in [2.05, 4.69) is 15.2 Å². The van der Waals surface area contributed by atoms with E-state index in [0.29, 0.717) is 49.1 Å². The Labute approximate surface area is 288 Å². The number of nitrogens with zero attached hydrogens (tertiary/aromatic N) is 5. The van der Waals surface area contributed by atoms with E-state index in [1.54, 1.807) is 43.7 Å². The molecule has 0 spiro atoms. The summed E-state index contributed by atoms with van der Waals surface area (Å²) in [7, 11) is 1.73. The van der Waals surface area contributed by atoms with Crippen molar-refractivity contribution in [3.8, 4) is 11.4 Å². The molecule has 1 aromatic carbocycles. The van der Waals surface area contributed by atoms with Gasteiger partial charge in [-0.2, -0.15) is 0 Å². The molecule has 13 heteroatoms. The van der Waals surface area contributed by atoms with Gasteiger partial charge in [0.2, 0.25) is 5.91 Å². The quantitative estimate of drug-likeness (QED) is 0.246. The first-order valence-corrected chi connectivity index (χ1v) is 17.4. The van der Waals surface area contributed by atoms with E-state index in [1.165, 1.54) is 0 Å². The van der Waals surface area contributed by atoms with Gasteiger partial charge in [-0.15, -0.1) is 0 Å². The van der Waals surface area contributed by atoms with Crippen molar-refractivity contribution >= 4 is 29.7 Å². The number of carbonyl (C=O) groups is 4. The van der Waals surface area contributed by atoms with Crippen LogP contribution in [0.15, 0.2) is 36.4 Å². The highest BCUT2D eigenvalue weighted by Crippen LogP contribution is 2.52. The Morgan fingerprint density at radius 3 is 2.29 bits per heavy atom. The van der Waals surface area contributed by atoms with Crippen LogP contribution in [0, 0.1) is 17.8 Å². The summed E-state index contributed by atoms with van der Waals surface area (Å²) in [4.78, 5) is 67.9. The van der Waals surface area contributed by atoms with Gasteiger partial charge in [-0.3, -0.25) is 14.4 Å². The van der Waals surface area contributed by atoms with E-state index < -0.39 is 29.6 Å². The second-order valence-electron chi connectivity index (χ2n) is 14.1. The number of ether oxygens (including phenoxy) is 3. The minimum Gasteiger partial charge on any atom is -0.460 e. The van der Waals surface area contributed by atoms with Crippen molar-refractivity contribution in [1.82, 2.24) is 25.1 Å². The monoisotopic (exact) mass is 678 g/mol. The lowest BCUT2D eigenvalue weighted by Gasteiger charge is -2.36. The molecule has 1 aromatic heterocycles. The van der Waals surface area contributed by atoms with Gasteiger partial charge in [-0.05, 0) is 51.4 Å². The van der Waals surface area contributed by atoms with E-state index in [4.69, 9.17) is 19.2 Å². The molecular formula is C36H50N6O7. The van der Waals surface area contributed by atoms with Crippen LogP contribution in [-0.4, -0.2) is 115 Å². The maximum absolute atomic E-state index is 14.0. The molecule has 3 aliphatic rings. The molecule has 1 N–H and O–H groups in total. The summed E-state index contributed by atoms with van der Waals surface area (Å²) in [5.74, 6) is 1.33. The van der Waals surface area contributed by atoms with Gasteiger partial charge >= 0.3 is 12.1 Å². The number of amides is 3. The van der Waals surface area contributed by atoms with Crippen LogP contribution in [-0.2, 0) is 23.8 Å². The number of methoxy groups -OCH3 is 1. The number of hydrogen-bond acceptors (Lipinski definition) is 10. The first kappa shape index (κ1) is 36.0. The summed E-state index contributed by atoms with van der Waals surface area (Å²) in [5.41, 5.74) is 0.212. The normalized spacial score (nSPS) is 20.8. The Bertz CT molecular complexity index is 1460. The molecule has 2 aliphatic heterocycles. The number of aromatic nitrogens is 2. The molecule has 1 aliphatic carbocycles. The molecule has 3 heterocycles. The summed E-state index contributed by atoms with van der Waals surface area (Å²) in [6.45, 7) is 11.3. The Kier molecular flexibility index (Phi) is 11.7. The van der Waals surface area contributed by atoms with E-state index in [9.17, 15) is 19.2 Å². The maximum atomic E-state index is 14.0. The molecule has 13 nitrogen and oxygen atoms in total. The van der Waals surface area contributed by atoms with Gasteiger partial charge in [-0.1, -0.05) is 43.7 Å². The van der Waals surface area contributed by atoms with Crippen molar-refractivity contribution in [2.75, 3.05) is 64.5 Å². The Balaban J connectivity index is 1.32. The minimum absolute atomic E-state index is 0.0403. The lowest BCUT2D eigenvalue weighted by molar-refractivity contribution is -0.155. The van der Waals surface area contributed by atoms with Crippen LogP contribution in [0.3, 0.4) is 0 Å². The number of hydrogen-bond donors (Lipinski definition) is 1. The van der Waals surface area contributed by atoms with Gasteiger partial charge in [0.25, 0.3) is 5.91 Å². The van der Waals surface area contributed by atoms with Crippen molar-refractivity contribution in [3.05, 3.63) is 42.1 Å². The van der Waals surface area contributed by atoms with Gasteiger partial charge in [0.15, 0.2) is 5.82 Å². The topological polar surface area (TPSA) is 144 Å². The van der Waals surface area contributed by atoms with Crippen molar-refractivity contribution in [3.63, 3.8) is 0 Å². The molecule has 3 amide bonds. The predicted octanol–water partition coefficient (Wildman–Crippen LogP) is 3.77. The maximum Gasteiger partial charge on any atom is 0.409 e. The fourth-order valence-electron chi connectivity index (χ4n) is 6.57. The molecule has 2 unspecified atom stereocenters. The molecular weight excluding hydrogens is 628 g/mol. The summed E-state index contributed by atoms with van der Waals surface area (Å²) in [6.07, 6.45) is 1.29. The zero-order valence-electron chi connectivity index (χ0n) is 29.4. The van der Waals surface area contributed by atoms with Crippen LogP contribution in [0.25, 0.3) is 11.4 Å². The Hall–Kier alpha value is -4.26. The average Bonchev–Trinajstić information content (AvgIpc) is 3.51. The van der Waals surface area contributed by atoms with Crippen LogP contribution >= 0.6 is 0 Å². The van der Waals surface area contributed by atoms with E-state index >= 15 is 0 Å². The van der Waals surface area contributed by atoms with Gasteiger partial charge in [0, 0.05) is 71.0 Å². The van der Waals surface area contributed by atoms with Gasteiger partial charge in [0.1, 0.15) is 23.2 Å². The fraction of sp³-hybridized carbons (Fsp3) is 0.611. The van der Waals surface area contributed by atoms with Crippen LogP contribution in [0.2, 0.25) is 0 Å². The number of fused-ring (bicyclic) bond motifs is 1. The molecule has 5 rings (SSSR count). The largest absolute Gasteiger partial charge is 0.460 e. The molecule has 1 saturated carbocycles. The predicted molar refractivity (Wildman–Crippen MR) is 183 cm³/mol. The molecule has 266 valence electrons. The SMILES string of the molecule is CCCCOC(=O)N1CCN(C(=O)[C@H](CCC(=O)OC(C)(C)C)NC(=O)c2cc(N3CC4C(COC)C4C3)nc(-c3ccccc3)n2)CC1. The first-order chi connectivity index (χ1) is 23.5.